The molecule has 1 heteroatoms. The Hall–Kier alpha value is -0.330. The number of hydrogen-bond acceptors (Lipinski definition) is 1. The third-order valence-electron chi connectivity index (χ3n) is 3.27. The van der Waals surface area contributed by atoms with E-state index in [9.17, 15) is 4.79 Å². The Labute approximate surface area is 81.9 Å². The first-order valence-corrected chi connectivity index (χ1v) is 5.79. The highest BCUT2D eigenvalue weighted by molar-refractivity contribution is 5.79. The Morgan fingerprint density at radius 3 is 2.38 bits per heavy atom. The molecule has 1 saturated carbocycles. The molecule has 0 spiro atoms. The molecule has 2 atom stereocenters. The Bertz CT molecular complexity index is 163. The zero-order valence-corrected chi connectivity index (χ0v) is 9.01. The smallest absolute Gasteiger partial charge is 0.133 e. The normalized spacial score (nSPS) is 29.2. The van der Waals surface area contributed by atoms with Gasteiger partial charge in [-0.25, -0.2) is 0 Å². The summed E-state index contributed by atoms with van der Waals surface area (Å²) in [6, 6.07) is 0. The number of ketones is 1. The van der Waals surface area contributed by atoms with Gasteiger partial charge in [-0.3, -0.25) is 4.79 Å². The van der Waals surface area contributed by atoms with E-state index in [1.165, 1.54) is 25.7 Å². The highest BCUT2D eigenvalue weighted by atomic mass is 16.1. The topological polar surface area (TPSA) is 17.1 Å². The van der Waals surface area contributed by atoms with Crippen LogP contribution in [0.1, 0.15) is 58.8 Å². The van der Waals surface area contributed by atoms with Gasteiger partial charge in [0.25, 0.3) is 0 Å². The Kier molecular flexibility index (Phi) is 4.47. The lowest BCUT2D eigenvalue weighted by Gasteiger charge is -2.30. The second kappa shape index (κ2) is 5.41. The van der Waals surface area contributed by atoms with Crippen LogP contribution in [0.5, 0.6) is 0 Å². The fourth-order valence-corrected chi connectivity index (χ4v) is 2.60. The van der Waals surface area contributed by atoms with Gasteiger partial charge in [-0.05, 0) is 18.3 Å². The molecule has 1 nitrogen and oxygen atoms in total. The van der Waals surface area contributed by atoms with Crippen molar-refractivity contribution >= 4 is 5.78 Å². The van der Waals surface area contributed by atoms with Crippen LogP contribution >= 0.6 is 0 Å². The molecule has 0 aromatic heterocycles. The first kappa shape index (κ1) is 10.7. The largest absolute Gasteiger partial charge is 0.300 e. The summed E-state index contributed by atoms with van der Waals surface area (Å²) in [7, 11) is 0. The number of rotatable bonds is 4. The molecule has 0 saturated heterocycles. The number of hydrogen-bond donors (Lipinski definition) is 0. The van der Waals surface area contributed by atoms with E-state index in [4.69, 9.17) is 0 Å². The summed E-state index contributed by atoms with van der Waals surface area (Å²) < 4.78 is 0. The van der Waals surface area contributed by atoms with Gasteiger partial charge in [0.15, 0.2) is 0 Å². The van der Waals surface area contributed by atoms with Gasteiger partial charge in [0.05, 0.1) is 0 Å². The van der Waals surface area contributed by atoms with Gasteiger partial charge < -0.3 is 0 Å². The van der Waals surface area contributed by atoms with E-state index in [0.717, 1.165) is 25.2 Å². The average Bonchev–Trinajstić information content (AvgIpc) is 2.10. The number of Topliss-reactive ketones (excluding diaryl/α,β-unsaturated/α-hetero) is 1. The maximum Gasteiger partial charge on any atom is 0.133 e. The summed E-state index contributed by atoms with van der Waals surface area (Å²) in [5.41, 5.74) is 0. The number of carbonyl (C=O) groups is 1. The third kappa shape index (κ3) is 3.13. The van der Waals surface area contributed by atoms with Crippen molar-refractivity contribution in [3.05, 3.63) is 0 Å². The van der Waals surface area contributed by atoms with E-state index in [-0.39, 0.29) is 0 Å². The fourth-order valence-electron chi connectivity index (χ4n) is 2.60. The van der Waals surface area contributed by atoms with Crippen LogP contribution in [0.15, 0.2) is 0 Å². The quantitative estimate of drug-likeness (QED) is 0.649. The minimum absolute atomic E-state index is 0.505. The van der Waals surface area contributed by atoms with Crippen molar-refractivity contribution in [1.29, 1.82) is 0 Å². The molecular weight excluding hydrogens is 160 g/mol. The summed E-state index contributed by atoms with van der Waals surface area (Å²) in [5.74, 6) is 2.07. The standard InChI is InChI=1S/C12H22O/c1-3-5-10-7-8-12(13)9-11(10)6-4-2/h10-11H,3-9H2,1-2H3. The lowest BCUT2D eigenvalue weighted by Crippen LogP contribution is -2.24. The van der Waals surface area contributed by atoms with Crippen molar-refractivity contribution in [2.24, 2.45) is 11.8 Å². The fraction of sp³-hybridized carbons (Fsp3) is 0.917. The highest BCUT2D eigenvalue weighted by Crippen LogP contribution is 2.34. The molecule has 1 aliphatic rings. The van der Waals surface area contributed by atoms with Crippen LogP contribution in [0.3, 0.4) is 0 Å². The molecular formula is C12H22O. The Morgan fingerprint density at radius 1 is 1.15 bits per heavy atom. The van der Waals surface area contributed by atoms with E-state index in [0.29, 0.717) is 11.7 Å². The second-order valence-electron chi connectivity index (χ2n) is 4.38. The minimum atomic E-state index is 0.505. The van der Waals surface area contributed by atoms with Crippen molar-refractivity contribution in [3.63, 3.8) is 0 Å². The zero-order chi connectivity index (χ0) is 9.68. The first-order chi connectivity index (χ1) is 6.27. The van der Waals surface area contributed by atoms with E-state index < -0.39 is 0 Å². The molecule has 1 rings (SSSR count). The highest BCUT2D eigenvalue weighted by Gasteiger charge is 2.27. The SMILES string of the molecule is CCCC1CCC(=O)CC1CCC. The molecule has 0 amide bonds. The lowest BCUT2D eigenvalue weighted by atomic mass is 9.74. The van der Waals surface area contributed by atoms with Crippen LogP contribution < -0.4 is 0 Å². The summed E-state index contributed by atoms with van der Waals surface area (Å²) in [5, 5.41) is 0. The van der Waals surface area contributed by atoms with Gasteiger partial charge in [0, 0.05) is 12.8 Å². The van der Waals surface area contributed by atoms with E-state index in [1.54, 1.807) is 0 Å². The molecule has 1 fully saturated rings. The zero-order valence-electron chi connectivity index (χ0n) is 9.01. The number of carbonyl (C=O) groups excluding carboxylic acids is 1. The van der Waals surface area contributed by atoms with E-state index in [2.05, 4.69) is 13.8 Å². The first-order valence-electron chi connectivity index (χ1n) is 5.79. The molecule has 76 valence electrons. The molecule has 0 bridgehead atoms. The summed E-state index contributed by atoms with van der Waals surface area (Å²) in [4.78, 5) is 11.3. The summed E-state index contributed by atoms with van der Waals surface area (Å²) in [6.45, 7) is 4.47. The molecule has 0 aromatic carbocycles. The van der Waals surface area contributed by atoms with Crippen LogP contribution in [0.4, 0.5) is 0 Å². The van der Waals surface area contributed by atoms with Crippen molar-refractivity contribution < 1.29 is 4.79 Å². The molecule has 0 aromatic rings. The van der Waals surface area contributed by atoms with Gasteiger partial charge in [-0.2, -0.15) is 0 Å². The van der Waals surface area contributed by atoms with Gasteiger partial charge in [-0.15, -0.1) is 0 Å². The predicted octanol–water partition coefficient (Wildman–Crippen LogP) is 3.57. The Balaban J connectivity index is 2.44. The minimum Gasteiger partial charge on any atom is -0.300 e. The second-order valence-corrected chi connectivity index (χ2v) is 4.38. The van der Waals surface area contributed by atoms with Crippen molar-refractivity contribution in [3.8, 4) is 0 Å². The molecule has 0 radical (unpaired) electrons. The maximum atomic E-state index is 11.3. The molecule has 1 aliphatic carbocycles. The predicted molar refractivity (Wildman–Crippen MR) is 55.7 cm³/mol. The molecule has 0 heterocycles. The van der Waals surface area contributed by atoms with Gasteiger partial charge in [-0.1, -0.05) is 39.5 Å². The Morgan fingerprint density at radius 2 is 1.77 bits per heavy atom. The van der Waals surface area contributed by atoms with E-state index in [1.807, 2.05) is 0 Å². The lowest BCUT2D eigenvalue weighted by molar-refractivity contribution is -0.122. The summed E-state index contributed by atoms with van der Waals surface area (Å²) >= 11 is 0. The summed E-state index contributed by atoms with van der Waals surface area (Å²) in [6.07, 6.45) is 7.99. The van der Waals surface area contributed by atoms with Gasteiger partial charge in [0.2, 0.25) is 0 Å². The molecule has 0 N–H and O–H groups in total. The molecule has 2 unspecified atom stereocenters. The van der Waals surface area contributed by atoms with E-state index >= 15 is 0 Å². The van der Waals surface area contributed by atoms with Gasteiger partial charge in [0.1, 0.15) is 5.78 Å². The van der Waals surface area contributed by atoms with Gasteiger partial charge >= 0.3 is 0 Å². The van der Waals surface area contributed by atoms with Crippen LogP contribution in [-0.4, -0.2) is 5.78 Å². The molecule has 13 heavy (non-hydrogen) atoms. The maximum absolute atomic E-state index is 11.3. The van der Waals surface area contributed by atoms with Crippen LogP contribution in [-0.2, 0) is 4.79 Å². The molecule has 0 aliphatic heterocycles. The monoisotopic (exact) mass is 182 g/mol. The van der Waals surface area contributed by atoms with Crippen molar-refractivity contribution in [1.82, 2.24) is 0 Å². The van der Waals surface area contributed by atoms with Crippen LogP contribution in [0.25, 0.3) is 0 Å². The van der Waals surface area contributed by atoms with Crippen LogP contribution in [0.2, 0.25) is 0 Å². The third-order valence-corrected chi connectivity index (χ3v) is 3.27. The van der Waals surface area contributed by atoms with Crippen LogP contribution in [0, 0.1) is 11.8 Å². The van der Waals surface area contributed by atoms with Crippen molar-refractivity contribution in [2.75, 3.05) is 0 Å². The van der Waals surface area contributed by atoms with Crippen molar-refractivity contribution in [2.45, 2.75) is 58.8 Å². The average molecular weight is 182 g/mol.